The summed E-state index contributed by atoms with van der Waals surface area (Å²) in [5, 5.41) is 11.0. The molecule has 5 rings (SSSR count). The van der Waals surface area contributed by atoms with Crippen LogP contribution in [0.2, 0.25) is 0 Å². The van der Waals surface area contributed by atoms with Crippen LogP contribution >= 0.6 is 11.8 Å². The molecule has 3 N–H and O–H groups in total. The van der Waals surface area contributed by atoms with Gasteiger partial charge in [0.15, 0.2) is 11.6 Å². The maximum absolute atomic E-state index is 13.8. The van der Waals surface area contributed by atoms with Crippen molar-refractivity contribution in [2.75, 3.05) is 25.1 Å². The molecule has 0 aliphatic carbocycles. The van der Waals surface area contributed by atoms with Crippen LogP contribution in [-0.4, -0.2) is 78.5 Å². The highest BCUT2D eigenvalue weighted by atomic mass is 32.2. The molecule has 0 spiro atoms. The average molecular weight is 603 g/mol. The van der Waals surface area contributed by atoms with E-state index in [9.17, 15) is 14.4 Å². The van der Waals surface area contributed by atoms with Gasteiger partial charge in [0.1, 0.15) is 6.04 Å². The number of rotatable bonds is 6. The summed E-state index contributed by atoms with van der Waals surface area (Å²) >= 11 is 1.62. The summed E-state index contributed by atoms with van der Waals surface area (Å²) in [6.45, 7) is 5.13. The Bertz CT molecular complexity index is 1570. The van der Waals surface area contributed by atoms with Crippen LogP contribution in [0.1, 0.15) is 55.3 Å². The Balaban J connectivity index is 1.51. The van der Waals surface area contributed by atoms with Crippen molar-refractivity contribution < 1.29 is 14.4 Å². The van der Waals surface area contributed by atoms with Crippen molar-refractivity contribution in [3.63, 3.8) is 0 Å². The molecule has 12 heteroatoms. The van der Waals surface area contributed by atoms with Crippen LogP contribution in [0.3, 0.4) is 0 Å². The van der Waals surface area contributed by atoms with Gasteiger partial charge in [-0.05, 0) is 49.0 Å². The first-order valence-corrected chi connectivity index (χ1v) is 16.0. The Morgan fingerprint density at radius 1 is 1.07 bits per heavy atom. The van der Waals surface area contributed by atoms with E-state index in [0.717, 1.165) is 22.3 Å². The second-order valence-electron chi connectivity index (χ2n) is 11.0. The lowest BCUT2D eigenvalue weighted by Crippen LogP contribution is -2.49. The molecule has 3 heterocycles. The first-order valence-electron chi connectivity index (χ1n) is 14.6. The number of thioether (sulfide) groups is 1. The third kappa shape index (κ3) is 7.24. The molecule has 11 nitrogen and oxygen atoms in total. The molecule has 0 radical (unpaired) electrons. The quantitative estimate of drug-likeness (QED) is 0.305. The van der Waals surface area contributed by atoms with E-state index < -0.39 is 12.1 Å². The van der Waals surface area contributed by atoms with Crippen molar-refractivity contribution in [2.24, 2.45) is 5.92 Å². The van der Waals surface area contributed by atoms with Crippen LogP contribution in [0.15, 0.2) is 54.9 Å². The van der Waals surface area contributed by atoms with Gasteiger partial charge in [0.2, 0.25) is 11.8 Å². The Morgan fingerprint density at radius 3 is 2.65 bits per heavy atom. The molecule has 226 valence electrons. The van der Waals surface area contributed by atoms with Gasteiger partial charge in [0.25, 0.3) is 5.91 Å². The lowest BCUT2D eigenvalue weighted by Gasteiger charge is -2.28. The van der Waals surface area contributed by atoms with Gasteiger partial charge in [-0.3, -0.25) is 14.4 Å². The van der Waals surface area contributed by atoms with Crippen molar-refractivity contribution >= 4 is 40.5 Å². The van der Waals surface area contributed by atoms with Crippen LogP contribution in [0, 0.1) is 5.92 Å². The van der Waals surface area contributed by atoms with Crippen molar-refractivity contribution in [1.29, 1.82) is 0 Å². The number of carbonyl (C=O) groups excluding carboxylic acids is 3. The first kappa shape index (κ1) is 30.3. The molecule has 0 unspecified atom stereocenters. The fourth-order valence-electron chi connectivity index (χ4n) is 5.22. The standard InChI is InChI=1S/C31H38N8O3S/c1-20(2)27-29-36-28(21-8-5-4-6-9-21)37-39(29)16-15-38(31(42)22-11-12-23-25(18-22)33-19-32-23)14-7-10-26(40)34-24(13-17-43-3)30(41)35-27/h4-6,8-9,11-12,18-20,24,27H,7,10,13-17H2,1-3H3,(H,32,33)(H,34,40)(H,35,41)/t24-,27+/m0/s1. The number of imidazole rings is 1. The number of amides is 3. The van der Waals surface area contributed by atoms with Crippen molar-refractivity contribution in [1.82, 2.24) is 40.3 Å². The van der Waals surface area contributed by atoms with Crippen molar-refractivity contribution in [3.05, 3.63) is 66.2 Å². The minimum absolute atomic E-state index is 0.0146. The minimum atomic E-state index is -0.673. The van der Waals surface area contributed by atoms with Crippen molar-refractivity contribution in [2.45, 2.75) is 51.7 Å². The van der Waals surface area contributed by atoms with Crippen molar-refractivity contribution in [3.8, 4) is 11.4 Å². The molecule has 1 aliphatic rings. The summed E-state index contributed by atoms with van der Waals surface area (Å²) in [6.07, 6.45) is 4.74. The molecule has 2 aromatic carbocycles. The molecule has 43 heavy (non-hydrogen) atoms. The normalized spacial score (nSPS) is 18.7. The summed E-state index contributed by atoms with van der Waals surface area (Å²) in [5.74, 6) is 1.29. The third-order valence-corrected chi connectivity index (χ3v) is 8.25. The summed E-state index contributed by atoms with van der Waals surface area (Å²) < 4.78 is 1.81. The van der Waals surface area contributed by atoms with E-state index >= 15 is 0 Å². The van der Waals surface area contributed by atoms with E-state index in [1.54, 1.807) is 35.1 Å². The fourth-order valence-corrected chi connectivity index (χ4v) is 5.70. The molecule has 2 atom stereocenters. The minimum Gasteiger partial charge on any atom is -0.345 e. The molecule has 3 amide bonds. The third-order valence-electron chi connectivity index (χ3n) is 7.61. The Morgan fingerprint density at radius 2 is 1.88 bits per heavy atom. The van der Waals surface area contributed by atoms with E-state index in [2.05, 4.69) is 20.6 Å². The first-order chi connectivity index (χ1) is 20.8. The predicted octanol–water partition coefficient (Wildman–Crippen LogP) is 3.81. The number of benzene rings is 2. The molecule has 2 aromatic heterocycles. The van der Waals surface area contributed by atoms with E-state index in [1.807, 2.05) is 61.2 Å². The summed E-state index contributed by atoms with van der Waals surface area (Å²) in [4.78, 5) is 54.3. The molecular formula is C31H38N8O3S. The van der Waals surface area contributed by atoms with E-state index in [1.165, 1.54) is 0 Å². The van der Waals surface area contributed by atoms with E-state index in [0.29, 0.717) is 49.7 Å². The summed E-state index contributed by atoms with van der Waals surface area (Å²) in [5.41, 5.74) is 2.97. The number of carbonyl (C=O) groups is 3. The maximum atomic E-state index is 13.8. The number of nitrogens with one attached hydrogen (secondary N) is 3. The molecular weight excluding hydrogens is 564 g/mol. The summed E-state index contributed by atoms with van der Waals surface area (Å²) in [7, 11) is 0. The SMILES string of the molecule is CSCC[C@@H]1NC(=O)CCCN(C(=O)c2ccc3nc[nH]c3c2)CCn2nc(-c3ccccc3)nc2[C@@H](C(C)C)NC1=O. The zero-order chi connectivity index (χ0) is 30.3. The topological polar surface area (TPSA) is 138 Å². The largest absolute Gasteiger partial charge is 0.345 e. The predicted molar refractivity (Wildman–Crippen MR) is 167 cm³/mol. The van der Waals surface area contributed by atoms with E-state index in [-0.39, 0.29) is 30.1 Å². The molecule has 0 saturated carbocycles. The number of aromatic nitrogens is 5. The van der Waals surface area contributed by atoms with Gasteiger partial charge in [-0.2, -0.15) is 16.9 Å². The van der Waals surface area contributed by atoms with Crippen LogP contribution in [0.5, 0.6) is 0 Å². The zero-order valence-corrected chi connectivity index (χ0v) is 25.6. The smallest absolute Gasteiger partial charge is 0.253 e. The monoisotopic (exact) mass is 602 g/mol. The van der Waals surface area contributed by atoms with Crippen LogP contribution < -0.4 is 10.6 Å². The molecule has 1 aliphatic heterocycles. The number of hydrogen-bond donors (Lipinski definition) is 3. The molecule has 4 aromatic rings. The highest BCUT2D eigenvalue weighted by Gasteiger charge is 2.30. The lowest BCUT2D eigenvalue weighted by atomic mass is 10.0. The van der Waals surface area contributed by atoms with Gasteiger partial charge in [0, 0.05) is 30.6 Å². The summed E-state index contributed by atoms with van der Waals surface area (Å²) in [6, 6.07) is 14.0. The van der Waals surface area contributed by atoms with Gasteiger partial charge < -0.3 is 20.5 Å². The van der Waals surface area contributed by atoms with E-state index in [4.69, 9.17) is 10.1 Å². The van der Waals surface area contributed by atoms with Crippen LogP contribution in [0.25, 0.3) is 22.4 Å². The highest BCUT2D eigenvalue weighted by molar-refractivity contribution is 7.98. The van der Waals surface area contributed by atoms with Gasteiger partial charge in [0.05, 0.1) is 29.9 Å². The Labute approximate surface area is 255 Å². The molecule has 0 fully saturated rings. The Hall–Kier alpha value is -4.19. The van der Waals surface area contributed by atoms with Gasteiger partial charge in [-0.1, -0.05) is 44.2 Å². The number of aromatic amines is 1. The second-order valence-corrected chi connectivity index (χ2v) is 12.0. The number of nitrogens with zero attached hydrogens (tertiary/aromatic N) is 5. The number of hydrogen-bond acceptors (Lipinski definition) is 7. The van der Waals surface area contributed by atoms with Gasteiger partial charge in [-0.15, -0.1) is 0 Å². The average Bonchev–Trinajstić information content (AvgIpc) is 3.66. The number of fused-ring (bicyclic) bond motifs is 2. The highest BCUT2D eigenvalue weighted by Crippen LogP contribution is 2.25. The second kappa shape index (κ2) is 13.9. The maximum Gasteiger partial charge on any atom is 0.253 e. The van der Waals surface area contributed by atoms with Crippen LogP contribution in [0.4, 0.5) is 0 Å². The number of H-pyrrole nitrogens is 1. The molecule has 0 saturated heterocycles. The lowest BCUT2D eigenvalue weighted by molar-refractivity contribution is -0.129. The van der Waals surface area contributed by atoms with Gasteiger partial charge >= 0.3 is 0 Å². The van der Waals surface area contributed by atoms with Crippen LogP contribution in [-0.2, 0) is 16.1 Å². The Kier molecular flexibility index (Phi) is 9.75. The molecule has 0 bridgehead atoms. The zero-order valence-electron chi connectivity index (χ0n) is 24.7. The van der Waals surface area contributed by atoms with Gasteiger partial charge in [-0.25, -0.2) is 14.6 Å². The fraction of sp³-hybridized carbons (Fsp3) is 0.419.